The molecule has 0 aliphatic carbocycles. The first kappa shape index (κ1) is 11.4. The molecule has 0 aromatic heterocycles. The van der Waals surface area contributed by atoms with Crippen molar-refractivity contribution in [3.63, 3.8) is 0 Å². The molecule has 0 radical (unpaired) electrons. The van der Waals surface area contributed by atoms with E-state index >= 15 is 0 Å². The van der Waals surface area contributed by atoms with Crippen molar-refractivity contribution in [2.24, 2.45) is 5.73 Å². The highest BCUT2D eigenvalue weighted by atomic mass is 28.4. The molecule has 0 aromatic rings. The van der Waals surface area contributed by atoms with Gasteiger partial charge in [-0.3, -0.25) is 0 Å². The maximum atomic E-state index is 5.96. The lowest BCUT2D eigenvalue weighted by atomic mass is 10.5. The summed E-state index contributed by atoms with van der Waals surface area (Å²) in [6.07, 6.45) is 1.14. The average molecular weight is 191 g/mol. The molecule has 0 spiro atoms. The lowest BCUT2D eigenvalue weighted by Gasteiger charge is -2.22. The second kappa shape index (κ2) is 5.08. The maximum absolute atomic E-state index is 5.96. The normalized spacial score (nSPS) is 15.0. The molecule has 0 heterocycles. The molecule has 1 unspecified atom stereocenters. The fourth-order valence-electron chi connectivity index (χ4n) is 1.07. The van der Waals surface area contributed by atoms with Crippen LogP contribution in [0.3, 0.4) is 0 Å². The Balaban J connectivity index is 3.44. The number of hydrogen-bond donors (Lipinski definition) is 1. The van der Waals surface area contributed by atoms with Crippen LogP contribution >= 0.6 is 0 Å². The number of rotatable bonds is 5. The molecule has 11 heavy (non-hydrogen) atoms. The zero-order valence-corrected chi connectivity index (χ0v) is 10.3. The Bertz CT molecular complexity index is 103. The van der Waals surface area contributed by atoms with Gasteiger partial charge in [0, 0.05) is 0 Å². The fourth-order valence-corrected chi connectivity index (χ4v) is 7.18. The van der Waals surface area contributed by atoms with Gasteiger partial charge in [0.05, 0.1) is 0 Å². The van der Waals surface area contributed by atoms with Gasteiger partial charge >= 0.3 is 0 Å². The van der Waals surface area contributed by atoms with Gasteiger partial charge in [0.25, 0.3) is 0 Å². The first-order valence-corrected chi connectivity index (χ1v) is 10.2. The molecule has 0 fully saturated rings. The lowest BCUT2D eigenvalue weighted by Crippen LogP contribution is -2.33. The minimum absolute atomic E-state index is 0.812. The Morgan fingerprint density at radius 3 is 2.27 bits per heavy atom. The van der Waals surface area contributed by atoms with Crippen LogP contribution in [-0.4, -0.2) is 23.9 Å². The first-order chi connectivity index (χ1) is 4.95. The predicted molar refractivity (Wildman–Crippen MR) is 55.9 cm³/mol. The van der Waals surface area contributed by atoms with E-state index in [0.29, 0.717) is 0 Å². The molecule has 4 heteroatoms. The summed E-state index contributed by atoms with van der Waals surface area (Å²) in [7, 11) is -2.11. The summed E-state index contributed by atoms with van der Waals surface area (Å²) in [5, 5.41) is 0. The highest BCUT2D eigenvalue weighted by Crippen LogP contribution is 2.08. The molecular weight excluding hydrogens is 170 g/mol. The minimum Gasteiger partial charge on any atom is -0.458 e. The standard InChI is InChI=1S/C7H21NOSi2/c1-10(7-5-6-8)9-11(2,3)4/h10H,5-8H2,1-4H3. The van der Waals surface area contributed by atoms with Crippen LogP contribution in [0.5, 0.6) is 0 Å². The molecule has 0 bridgehead atoms. The summed E-state index contributed by atoms with van der Waals surface area (Å²) in [6, 6.07) is 1.24. The van der Waals surface area contributed by atoms with Crippen LogP contribution in [-0.2, 0) is 4.12 Å². The second-order valence-electron chi connectivity index (χ2n) is 3.97. The molecule has 2 nitrogen and oxygen atoms in total. The van der Waals surface area contributed by atoms with Gasteiger partial charge in [0.15, 0.2) is 17.4 Å². The van der Waals surface area contributed by atoms with E-state index in [1.807, 2.05) is 0 Å². The summed E-state index contributed by atoms with van der Waals surface area (Å²) in [6.45, 7) is 9.83. The van der Waals surface area contributed by atoms with Gasteiger partial charge in [-0.05, 0) is 45.2 Å². The van der Waals surface area contributed by atoms with Gasteiger partial charge in [-0.25, -0.2) is 0 Å². The summed E-state index contributed by atoms with van der Waals surface area (Å²) < 4.78 is 5.96. The maximum Gasteiger partial charge on any atom is 0.170 e. The SMILES string of the molecule is C[SiH](CCCN)O[Si](C)(C)C. The van der Waals surface area contributed by atoms with Crippen molar-refractivity contribution in [2.45, 2.75) is 38.7 Å². The van der Waals surface area contributed by atoms with Crippen LogP contribution < -0.4 is 5.73 Å². The van der Waals surface area contributed by atoms with Gasteiger partial charge in [0.2, 0.25) is 0 Å². The smallest absolute Gasteiger partial charge is 0.170 e. The largest absolute Gasteiger partial charge is 0.458 e. The molecule has 0 rings (SSSR count). The summed E-state index contributed by atoms with van der Waals surface area (Å²) >= 11 is 0. The van der Waals surface area contributed by atoms with Crippen LogP contribution in [0.4, 0.5) is 0 Å². The Hall–Kier alpha value is 0.354. The highest BCUT2D eigenvalue weighted by Gasteiger charge is 2.17. The molecule has 0 amide bonds. The van der Waals surface area contributed by atoms with Crippen molar-refractivity contribution in [1.82, 2.24) is 0 Å². The van der Waals surface area contributed by atoms with E-state index in [-0.39, 0.29) is 0 Å². The van der Waals surface area contributed by atoms with Crippen molar-refractivity contribution in [2.75, 3.05) is 6.54 Å². The summed E-state index contributed by atoms with van der Waals surface area (Å²) in [4.78, 5) is 0. The van der Waals surface area contributed by atoms with Crippen molar-refractivity contribution < 1.29 is 4.12 Å². The predicted octanol–water partition coefficient (Wildman–Crippen LogP) is 1.54. The number of hydrogen-bond acceptors (Lipinski definition) is 2. The summed E-state index contributed by atoms with van der Waals surface area (Å²) in [5.41, 5.74) is 5.42. The molecule has 2 N–H and O–H groups in total. The Morgan fingerprint density at radius 1 is 1.36 bits per heavy atom. The van der Waals surface area contributed by atoms with E-state index < -0.39 is 17.4 Å². The third kappa shape index (κ3) is 8.26. The van der Waals surface area contributed by atoms with Gasteiger partial charge < -0.3 is 9.85 Å². The van der Waals surface area contributed by atoms with Crippen molar-refractivity contribution in [1.29, 1.82) is 0 Å². The van der Waals surface area contributed by atoms with E-state index in [2.05, 4.69) is 26.2 Å². The summed E-state index contributed by atoms with van der Waals surface area (Å²) in [5.74, 6) is 0. The quantitative estimate of drug-likeness (QED) is 0.669. The molecule has 0 saturated carbocycles. The third-order valence-electron chi connectivity index (χ3n) is 1.37. The monoisotopic (exact) mass is 191 g/mol. The van der Waals surface area contributed by atoms with E-state index in [1.165, 1.54) is 6.04 Å². The highest BCUT2D eigenvalue weighted by molar-refractivity contribution is 6.77. The van der Waals surface area contributed by atoms with Crippen LogP contribution in [0.1, 0.15) is 6.42 Å². The van der Waals surface area contributed by atoms with E-state index in [9.17, 15) is 0 Å². The fraction of sp³-hybridized carbons (Fsp3) is 1.00. The van der Waals surface area contributed by atoms with Crippen LogP contribution in [0.2, 0.25) is 32.2 Å². The number of nitrogens with two attached hydrogens (primary N) is 1. The second-order valence-corrected chi connectivity index (χ2v) is 11.3. The first-order valence-electron chi connectivity index (χ1n) is 4.33. The van der Waals surface area contributed by atoms with E-state index in [1.54, 1.807) is 0 Å². The molecule has 0 aliphatic rings. The van der Waals surface area contributed by atoms with Gasteiger partial charge in [0.1, 0.15) is 0 Å². The van der Waals surface area contributed by atoms with Crippen LogP contribution in [0.25, 0.3) is 0 Å². The van der Waals surface area contributed by atoms with Crippen molar-refractivity contribution >= 4 is 17.4 Å². The minimum atomic E-state index is -1.25. The Labute approximate surface area is 73.0 Å². The molecule has 0 aromatic carbocycles. The topological polar surface area (TPSA) is 35.2 Å². The molecular formula is C7H21NOSi2. The Morgan fingerprint density at radius 2 is 1.91 bits per heavy atom. The lowest BCUT2D eigenvalue weighted by molar-refractivity contribution is 0.570. The zero-order valence-electron chi connectivity index (χ0n) is 8.18. The molecule has 0 aliphatic heterocycles. The molecule has 1 atom stereocenters. The molecule has 0 saturated heterocycles. The van der Waals surface area contributed by atoms with E-state index in [0.717, 1.165) is 13.0 Å². The zero-order chi connectivity index (χ0) is 8.91. The molecule has 68 valence electrons. The van der Waals surface area contributed by atoms with Crippen molar-refractivity contribution in [3.05, 3.63) is 0 Å². The van der Waals surface area contributed by atoms with Gasteiger partial charge in [-0.2, -0.15) is 0 Å². The Kier molecular flexibility index (Phi) is 5.24. The average Bonchev–Trinajstić information content (AvgIpc) is 1.79. The van der Waals surface area contributed by atoms with Crippen LogP contribution in [0, 0.1) is 0 Å². The van der Waals surface area contributed by atoms with Gasteiger partial charge in [-0.1, -0.05) is 0 Å². The van der Waals surface area contributed by atoms with Gasteiger partial charge in [-0.15, -0.1) is 0 Å². The third-order valence-corrected chi connectivity index (χ3v) is 7.03. The van der Waals surface area contributed by atoms with E-state index in [4.69, 9.17) is 9.85 Å². The van der Waals surface area contributed by atoms with Crippen LogP contribution in [0.15, 0.2) is 0 Å². The van der Waals surface area contributed by atoms with Crippen molar-refractivity contribution in [3.8, 4) is 0 Å².